The molecule has 19 heavy (non-hydrogen) atoms. The van der Waals surface area contributed by atoms with Gasteiger partial charge in [0.2, 0.25) is 0 Å². The van der Waals surface area contributed by atoms with Crippen molar-refractivity contribution in [1.29, 1.82) is 0 Å². The van der Waals surface area contributed by atoms with Crippen molar-refractivity contribution >= 4 is 50.3 Å². The summed E-state index contributed by atoms with van der Waals surface area (Å²) in [4.78, 5) is 11.8. The molecule has 0 saturated carbocycles. The average molecular weight is 357 g/mol. The van der Waals surface area contributed by atoms with Crippen molar-refractivity contribution in [2.45, 2.75) is 6.92 Å². The zero-order valence-electron chi connectivity index (χ0n) is 9.84. The van der Waals surface area contributed by atoms with E-state index in [1.54, 1.807) is 6.07 Å². The van der Waals surface area contributed by atoms with E-state index in [0.29, 0.717) is 10.7 Å². The number of hydrogen-bond donors (Lipinski definition) is 1. The minimum atomic E-state index is 0.262. The topological polar surface area (TPSA) is 41.6 Å². The Hall–Kier alpha value is -1.10. The van der Waals surface area contributed by atoms with E-state index in [0.717, 1.165) is 26.9 Å². The highest BCUT2D eigenvalue weighted by Gasteiger charge is 2.10. The molecule has 0 unspecified atom stereocenters. The molecule has 0 spiro atoms. The Labute approximate surface area is 128 Å². The largest absolute Gasteiger partial charge is 0.337 e. The van der Waals surface area contributed by atoms with Gasteiger partial charge in [-0.25, -0.2) is 9.97 Å². The van der Waals surface area contributed by atoms with Crippen LogP contribution in [-0.2, 0) is 0 Å². The molecular weight excluding hydrogens is 349 g/mol. The molecule has 1 aromatic carbocycles. The number of nitrogens with zero attached hydrogens (tertiary/aromatic N) is 2. The van der Waals surface area contributed by atoms with Crippen LogP contribution in [-0.4, -0.2) is 15.0 Å². The smallest absolute Gasteiger partial charge is 0.179 e. The van der Waals surface area contributed by atoms with Crippen LogP contribution in [0.1, 0.15) is 5.56 Å². The molecule has 3 rings (SSSR count). The molecule has 6 heteroatoms. The van der Waals surface area contributed by atoms with Crippen LogP contribution in [0.25, 0.3) is 22.6 Å². The van der Waals surface area contributed by atoms with Crippen LogP contribution in [0.15, 0.2) is 28.7 Å². The number of aryl methyl sites for hydroxylation is 1. The number of nitrogens with one attached hydrogen (secondary N) is 1. The molecule has 3 nitrogen and oxygen atoms in total. The van der Waals surface area contributed by atoms with Crippen LogP contribution < -0.4 is 0 Å². The second-order valence-corrected chi connectivity index (χ2v) is 5.92. The quantitative estimate of drug-likeness (QED) is 0.623. The highest BCUT2D eigenvalue weighted by Crippen LogP contribution is 2.27. The van der Waals surface area contributed by atoms with Crippen molar-refractivity contribution in [3.05, 3.63) is 44.5 Å². The van der Waals surface area contributed by atoms with Crippen molar-refractivity contribution < 1.29 is 0 Å². The molecule has 0 bridgehead atoms. The summed E-state index contributed by atoms with van der Waals surface area (Å²) in [7, 11) is 0. The number of H-pyrrole nitrogens is 1. The molecule has 3 aromatic rings. The molecule has 0 aliphatic rings. The first-order valence-electron chi connectivity index (χ1n) is 5.52. The number of imidazole rings is 1. The molecule has 2 aromatic heterocycles. The standard InChI is InChI=1S/C13H8BrCl2N3/c1-6-2-7(4-8(14)3-6)12-17-10-5-9(15)11(16)18-13(10)19-12/h2-5H,1H3,(H,17,18,19). The third-order valence-electron chi connectivity index (χ3n) is 2.70. The van der Waals surface area contributed by atoms with Crippen LogP contribution >= 0.6 is 39.1 Å². The molecule has 1 N–H and O–H groups in total. The Kier molecular flexibility index (Phi) is 3.25. The highest BCUT2D eigenvalue weighted by molar-refractivity contribution is 9.10. The third-order valence-corrected chi connectivity index (χ3v) is 3.83. The number of fused-ring (bicyclic) bond motifs is 1. The van der Waals surface area contributed by atoms with E-state index in [2.05, 4.69) is 30.9 Å². The number of pyridine rings is 1. The minimum absolute atomic E-state index is 0.262. The van der Waals surface area contributed by atoms with Gasteiger partial charge in [0.15, 0.2) is 5.65 Å². The molecule has 0 aliphatic carbocycles. The second-order valence-electron chi connectivity index (χ2n) is 4.23. The summed E-state index contributed by atoms with van der Waals surface area (Å²) in [5, 5.41) is 0.674. The first kappa shape index (κ1) is 12.9. The van der Waals surface area contributed by atoms with Crippen molar-refractivity contribution in [2.75, 3.05) is 0 Å². The van der Waals surface area contributed by atoms with E-state index >= 15 is 0 Å². The summed E-state index contributed by atoms with van der Waals surface area (Å²) in [6, 6.07) is 7.81. The molecule has 0 saturated heterocycles. The number of aromatic nitrogens is 3. The highest BCUT2D eigenvalue weighted by atomic mass is 79.9. The maximum Gasteiger partial charge on any atom is 0.179 e. The van der Waals surface area contributed by atoms with Crippen LogP contribution in [0.3, 0.4) is 0 Å². The van der Waals surface area contributed by atoms with Crippen LogP contribution in [0.5, 0.6) is 0 Å². The SMILES string of the molecule is Cc1cc(Br)cc(-c2nc3nc(Cl)c(Cl)cc3[nH]2)c1. The van der Waals surface area contributed by atoms with Gasteiger partial charge in [-0.05, 0) is 36.8 Å². The first-order chi connectivity index (χ1) is 9.02. The lowest BCUT2D eigenvalue weighted by Gasteiger charge is -2.00. The van der Waals surface area contributed by atoms with Gasteiger partial charge >= 0.3 is 0 Å². The molecule has 0 fully saturated rings. The number of rotatable bonds is 1. The molecule has 96 valence electrons. The number of halogens is 3. The first-order valence-corrected chi connectivity index (χ1v) is 7.07. The molecule has 0 amide bonds. The Morgan fingerprint density at radius 1 is 1.11 bits per heavy atom. The van der Waals surface area contributed by atoms with Crippen molar-refractivity contribution in [3.63, 3.8) is 0 Å². The fourth-order valence-electron chi connectivity index (χ4n) is 1.91. The molecule has 0 atom stereocenters. The molecule has 0 radical (unpaired) electrons. The maximum atomic E-state index is 5.94. The van der Waals surface area contributed by atoms with E-state index in [-0.39, 0.29) is 5.15 Å². The van der Waals surface area contributed by atoms with Gasteiger partial charge in [-0.3, -0.25) is 0 Å². The van der Waals surface area contributed by atoms with E-state index in [1.807, 2.05) is 25.1 Å². The molecule has 0 aliphatic heterocycles. The van der Waals surface area contributed by atoms with Crippen molar-refractivity contribution in [1.82, 2.24) is 15.0 Å². The van der Waals surface area contributed by atoms with Gasteiger partial charge in [-0.2, -0.15) is 0 Å². The predicted octanol–water partition coefficient (Wildman–Crippen LogP) is 5.00. The number of aromatic amines is 1. The van der Waals surface area contributed by atoms with E-state index in [1.165, 1.54) is 0 Å². The summed E-state index contributed by atoms with van der Waals surface area (Å²) in [5.41, 5.74) is 3.45. The van der Waals surface area contributed by atoms with E-state index < -0.39 is 0 Å². The van der Waals surface area contributed by atoms with Gasteiger partial charge < -0.3 is 4.98 Å². The Bertz CT molecular complexity index is 724. The van der Waals surface area contributed by atoms with Crippen LogP contribution in [0, 0.1) is 6.92 Å². The molecular formula is C13H8BrCl2N3. The number of hydrogen-bond acceptors (Lipinski definition) is 2. The summed E-state index contributed by atoms with van der Waals surface area (Å²) >= 11 is 15.3. The van der Waals surface area contributed by atoms with Gasteiger partial charge in [0.1, 0.15) is 11.0 Å². The van der Waals surface area contributed by atoms with Gasteiger partial charge in [-0.15, -0.1) is 0 Å². The lowest BCUT2D eigenvalue weighted by molar-refractivity contribution is 1.29. The number of benzene rings is 1. The normalized spacial score (nSPS) is 11.2. The van der Waals surface area contributed by atoms with Gasteiger partial charge in [0.05, 0.1) is 10.5 Å². The lowest BCUT2D eigenvalue weighted by Crippen LogP contribution is -1.82. The minimum Gasteiger partial charge on any atom is -0.337 e. The fourth-order valence-corrected chi connectivity index (χ4v) is 2.80. The summed E-state index contributed by atoms with van der Waals surface area (Å²) < 4.78 is 1.01. The molecule has 2 heterocycles. The van der Waals surface area contributed by atoms with Gasteiger partial charge in [0, 0.05) is 10.0 Å². The zero-order valence-corrected chi connectivity index (χ0v) is 12.9. The van der Waals surface area contributed by atoms with Crippen molar-refractivity contribution in [2.24, 2.45) is 0 Å². The van der Waals surface area contributed by atoms with Crippen LogP contribution in [0.2, 0.25) is 10.2 Å². The Morgan fingerprint density at radius 3 is 2.63 bits per heavy atom. The second kappa shape index (κ2) is 4.78. The predicted molar refractivity (Wildman–Crippen MR) is 81.8 cm³/mol. The van der Waals surface area contributed by atoms with Crippen molar-refractivity contribution in [3.8, 4) is 11.4 Å². The Balaban J connectivity index is 2.20. The lowest BCUT2D eigenvalue weighted by atomic mass is 10.1. The monoisotopic (exact) mass is 355 g/mol. The Morgan fingerprint density at radius 2 is 1.89 bits per heavy atom. The fraction of sp³-hybridized carbons (Fsp3) is 0.0769. The zero-order chi connectivity index (χ0) is 13.6. The van der Waals surface area contributed by atoms with Gasteiger partial charge in [-0.1, -0.05) is 39.1 Å². The summed E-state index contributed by atoms with van der Waals surface area (Å²) in [6.07, 6.45) is 0. The van der Waals surface area contributed by atoms with E-state index in [9.17, 15) is 0 Å². The summed E-state index contributed by atoms with van der Waals surface area (Å²) in [6.45, 7) is 2.03. The third kappa shape index (κ3) is 2.48. The maximum absolute atomic E-state index is 5.94. The summed E-state index contributed by atoms with van der Waals surface area (Å²) in [5.74, 6) is 0.741. The van der Waals surface area contributed by atoms with Crippen LogP contribution in [0.4, 0.5) is 0 Å². The van der Waals surface area contributed by atoms with E-state index in [4.69, 9.17) is 23.2 Å². The average Bonchev–Trinajstić information content (AvgIpc) is 2.71. The van der Waals surface area contributed by atoms with Gasteiger partial charge in [0.25, 0.3) is 0 Å².